The number of nitrogens with one attached hydrogen (secondary N) is 1. The summed E-state index contributed by atoms with van der Waals surface area (Å²) in [7, 11) is 0. The lowest BCUT2D eigenvalue weighted by atomic mass is 10.1. The quantitative estimate of drug-likeness (QED) is 0.331. The van der Waals surface area contributed by atoms with Gasteiger partial charge in [-0.25, -0.2) is 14.2 Å². The number of halogens is 1. The molecule has 1 fully saturated rings. The molecule has 146 valence electrons. The van der Waals surface area contributed by atoms with Gasteiger partial charge in [0.05, 0.1) is 11.0 Å². The highest BCUT2D eigenvalue weighted by molar-refractivity contribution is 8.24. The van der Waals surface area contributed by atoms with Crippen LogP contribution in [0.15, 0.2) is 59.7 Å². The van der Waals surface area contributed by atoms with Crippen LogP contribution in [-0.2, 0) is 0 Å². The number of nitrogens with zero attached hydrogens (tertiary/aromatic N) is 3. The van der Waals surface area contributed by atoms with Crippen molar-refractivity contribution in [1.29, 1.82) is 0 Å². The molecule has 0 aliphatic carbocycles. The van der Waals surface area contributed by atoms with Gasteiger partial charge in [0.25, 0.3) is 0 Å². The first-order valence-corrected chi connectivity index (χ1v) is 9.67. The molecule has 1 atom stereocenters. The SMILES string of the molecule is CC1(C)SC(=S)N(/N=C\c2ccccc2F)[C@@H]1N(O)C(=O)Nc1ccccc1. The van der Waals surface area contributed by atoms with E-state index in [-0.39, 0.29) is 5.56 Å². The molecule has 2 amide bonds. The molecule has 2 aromatic carbocycles. The number of hydrazone groups is 1. The Morgan fingerprint density at radius 1 is 1.29 bits per heavy atom. The van der Waals surface area contributed by atoms with Crippen LogP contribution < -0.4 is 5.32 Å². The summed E-state index contributed by atoms with van der Waals surface area (Å²) in [6, 6.07) is 14.2. The van der Waals surface area contributed by atoms with Gasteiger partial charge in [-0.05, 0) is 32.0 Å². The topological polar surface area (TPSA) is 68.2 Å². The monoisotopic (exact) mass is 418 g/mol. The molecule has 0 aromatic heterocycles. The molecule has 1 saturated heterocycles. The normalized spacial score (nSPS) is 18.5. The molecule has 6 nitrogen and oxygen atoms in total. The Bertz CT molecular complexity index is 908. The van der Waals surface area contributed by atoms with Crippen LogP contribution in [-0.4, -0.2) is 42.8 Å². The second kappa shape index (κ2) is 8.26. The van der Waals surface area contributed by atoms with Gasteiger partial charge < -0.3 is 5.32 Å². The van der Waals surface area contributed by atoms with Gasteiger partial charge in [0, 0.05) is 11.3 Å². The van der Waals surface area contributed by atoms with Crippen molar-refractivity contribution in [3.63, 3.8) is 0 Å². The van der Waals surface area contributed by atoms with Crippen LogP contribution in [0.4, 0.5) is 14.9 Å². The van der Waals surface area contributed by atoms with Crippen LogP contribution in [0.1, 0.15) is 19.4 Å². The van der Waals surface area contributed by atoms with Crippen molar-refractivity contribution in [2.45, 2.75) is 24.8 Å². The van der Waals surface area contributed by atoms with Crippen molar-refractivity contribution >= 4 is 46.2 Å². The fourth-order valence-corrected chi connectivity index (χ4v) is 4.53. The van der Waals surface area contributed by atoms with E-state index in [1.54, 1.807) is 42.5 Å². The minimum atomic E-state index is -0.878. The zero-order valence-electron chi connectivity index (χ0n) is 15.2. The molecule has 1 aliphatic heterocycles. The van der Waals surface area contributed by atoms with E-state index in [1.165, 1.54) is 29.1 Å². The maximum atomic E-state index is 13.9. The summed E-state index contributed by atoms with van der Waals surface area (Å²) < 4.78 is 13.6. The Hall–Kier alpha value is -2.49. The van der Waals surface area contributed by atoms with Gasteiger partial charge in [-0.1, -0.05) is 60.4 Å². The standard InChI is InChI=1S/C19H19FN4O2S2/c1-19(2)16(24(26)17(25)22-14-9-4-3-5-10-14)23(18(27)28-19)21-12-13-8-6-7-11-15(13)20/h3-12,16,26H,1-2H3,(H,22,25)/b21-12-/t16-/m1/s1. The van der Waals surface area contributed by atoms with E-state index in [1.807, 2.05) is 19.9 Å². The average molecular weight is 419 g/mol. The van der Waals surface area contributed by atoms with E-state index in [0.29, 0.717) is 15.1 Å². The molecule has 0 spiro atoms. The lowest BCUT2D eigenvalue weighted by Crippen LogP contribution is -2.54. The predicted molar refractivity (Wildman–Crippen MR) is 113 cm³/mol. The number of hydrogen-bond acceptors (Lipinski definition) is 5. The molecule has 28 heavy (non-hydrogen) atoms. The lowest BCUT2D eigenvalue weighted by Gasteiger charge is -2.34. The lowest BCUT2D eigenvalue weighted by molar-refractivity contribution is -0.114. The van der Waals surface area contributed by atoms with Crippen LogP contribution in [0, 0.1) is 5.82 Å². The van der Waals surface area contributed by atoms with E-state index < -0.39 is 22.8 Å². The second-order valence-electron chi connectivity index (χ2n) is 6.60. The molecule has 0 bridgehead atoms. The zero-order chi connectivity index (χ0) is 20.3. The molecular weight excluding hydrogens is 399 g/mol. The minimum absolute atomic E-state index is 0.275. The summed E-state index contributed by atoms with van der Waals surface area (Å²) in [5.74, 6) is -0.428. The average Bonchev–Trinajstić information content (AvgIpc) is 2.89. The van der Waals surface area contributed by atoms with E-state index in [4.69, 9.17) is 12.2 Å². The smallest absolute Gasteiger partial charge is 0.306 e. The number of amides is 2. The number of hydroxylamine groups is 2. The largest absolute Gasteiger partial charge is 0.347 e. The van der Waals surface area contributed by atoms with Crippen molar-refractivity contribution in [1.82, 2.24) is 10.1 Å². The van der Waals surface area contributed by atoms with Crippen molar-refractivity contribution < 1.29 is 14.4 Å². The number of hydrogen-bond donors (Lipinski definition) is 2. The molecule has 0 unspecified atom stereocenters. The van der Waals surface area contributed by atoms with Gasteiger partial charge in [0.15, 0.2) is 10.5 Å². The van der Waals surface area contributed by atoms with Crippen LogP contribution in [0.3, 0.4) is 0 Å². The van der Waals surface area contributed by atoms with Crippen LogP contribution in [0.5, 0.6) is 0 Å². The van der Waals surface area contributed by atoms with Crippen LogP contribution in [0.25, 0.3) is 0 Å². The summed E-state index contributed by atoms with van der Waals surface area (Å²) >= 11 is 6.66. The van der Waals surface area contributed by atoms with Crippen molar-refractivity contribution in [3.8, 4) is 0 Å². The molecule has 9 heteroatoms. The predicted octanol–water partition coefficient (Wildman–Crippen LogP) is 4.52. The molecule has 1 heterocycles. The Labute approximate surface area is 172 Å². The third kappa shape index (κ3) is 4.32. The first kappa shape index (κ1) is 20.2. The van der Waals surface area contributed by atoms with E-state index >= 15 is 0 Å². The highest BCUT2D eigenvalue weighted by Gasteiger charge is 2.50. The highest BCUT2D eigenvalue weighted by Crippen LogP contribution is 2.42. The number of rotatable bonds is 4. The van der Waals surface area contributed by atoms with E-state index in [9.17, 15) is 14.4 Å². The number of carbonyl (C=O) groups excluding carboxylic acids is 1. The molecule has 3 rings (SSSR count). The number of benzene rings is 2. The molecule has 2 N–H and O–H groups in total. The van der Waals surface area contributed by atoms with Crippen molar-refractivity contribution in [2.75, 3.05) is 5.32 Å². The molecule has 1 aliphatic rings. The fourth-order valence-electron chi connectivity index (χ4n) is 2.74. The third-order valence-electron chi connectivity index (χ3n) is 4.08. The number of anilines is 1. The molecule has 2 aromatic rings. The van der Waals surface area contributed by atoms with Gasteiger partial charge in [0.2, 0.25) is 0 Å². The second-order valence-corrected chi connectivity index (χ2v) is 8.88. The first-order chi connectivity index (χ1) is 13.3. The molecule has 0 radical (unpaired) electrons. The van der Waals surface area contributed by atoms with E-state index in [2.05, 4.69) is 10.4 Å². The summed E-state index contributed by atoms with van der Waals surface area (Å²) in [5.41, 5.74) is 0.816. The zero-order valence-corrected chi connectivity index (χ0v) is 16.9. The fraction of sp³-hybridized carbons (Fsp3) is 0.211. The van der Waals surface area contributed by atoms with Crippen LogP contribution >= 0.6 is 24.0 Å². The Morgan fingerprint density at radius 2 is 1.93 bits per heavy atom. The summed E-state index contributed by atoms with van der Waals surface area (Å²) in [5, 5.41) is 19.4. The number of para-hydroxylation sites is 1. The first-order valence-electron chi connectivity index (χ1n) is 8.44. The Balaban J connectivity index is 1.84. The minimum Gasteiger partial charge on any atom is -0.306 e. The summed E-state index contributed by atoms with van der Waals surface area (Å²) in [6.45, 7) is 3.68. The number of carbonyl (C=O) groups is 1. The maximum Gasteiger partial charge on any atom is 0.347 e. The van der Waals surface area contributed by atoms with Gasteiger partial charge >= 0.3 is 6.03 Å². The maximum absolute atomic E-state index is 13.9. The van der Waals surface area contributed by atoms with Crippen molar-refractivity contribution in [2.24, 2.45) is 5.10 Å². The van der Waals surface area contributed by atoms with Gasteiger partial charge in [-0.2, -0.15) is 10.2 Å². The van der Waals surface area contributed by atoms with Gasteiger partial charge in [0.1, 0.15) is 5.82 Å². The van der Waals surface area contributed by atoms with Gasteiger partial charge in [-0.15, -0.1) is 0 Å². The number of urea groups is 1. The Morgan fingerprint density at radius 3 is 2.61 bits per heavy atom. The van der Waals surface area contributed by atoms with Crippen LogP contribution in [0.2, 0.25) is 0 Å². The van der Waals surface area contributed by atoms with Gasteiger partial charge in [-0.3, -0.25) is 5.21 Å². The number of thiocarbonyl (C=S) groups is 1. The highest BCUT2D eigenvalue weighted by atomic mass is 32.2. The number of thioether (sulfide) groups is 1. The molecular formula is C19H19FN4O2S2. The molecule has 0 saturated carbocycles. The summed E-state index contributed by atoms with van der Waals surface area (Å²) in [4.78, 5) is 12.5. The summed E-state index contributed by atoms with van der Waals surface area (Å²) in [6.07, 6.45) is 0.441. The third-order valence-corrected chi connectivity index (χ3v) is 5.62. The Kier molecular flexibility index (Phi) is 5.97. The van der Waals surface area contributed by atoms with E-state index in [0.717, 1.165) is 0 Å². The van der Waals surface area contributed by atoms with Crippen molar-refractivity contribution in [3.05, 3.63) is 66.0 Å².